The van der Waals surface area contributed by atoms with Crippen LogP contribution in [0.5, 0.6) is 0 Å². The van der Waals surface area contributed by atoms with Crippen LogP contribution in [0.4, 0.5) is 0 Å². The van der Waals surface area contributed by atoms with Gasteiger partial charge in [-0.2, -0.15) is 0 Å². The Kier molecular flexibility index (Phi) is 7.39. The van der Waals surface area contributed by atoms with Crippen LogP contribution in [0, 0.1) is 0 Å². The van der Waals surface area contributed by atoms with Crippen molar-refractivity contribution in [3.05, 3.63) is 0 Å². The quantitative estimate of drug-likeness (QED) is 0.597. The molecule has 120 valence electrons. The van der Waals surface area contributed by atoms with Crippen LogP contribution in [0.2, 0.25) is 0 Å². The average molecular weight is 308 g/mol. The van der Waals surface area contributed by atoms with Gasteiger partial charge in [0.2, 0.25) is 10.0 Å². The van der Waals surface area contributed by atoms with Crippen molar-refractivity contribution in [3.63, 3.8) is 0 Å². The summed E-state index contributed by atoms with van der Waals surface area (Å²) in [5.41, 5.74) is 0. The molecule has 0 heterocycles. The number of sulfonamides is 1. The molecule has 1 rings (SSSR count). The Bertz CT molecular complexity index is 373. The van der Waals surface area contributed by atoms with Gasteiger partial charge in [0.05, 0.1) is 25.1 Å². The predicted molar refractivity (Wildman–Crippen MR) is 79.1 cm³/mol. The monoisotopic (exact) mass is 308 g/mol. The first-order valence-corrected chi connectivity index (χ1v) is 9.17. The number of hydrogen-bond donors (Lipinski definition) is 3. The van der Waals surface area contributed by atoms with Gasteiger partial charge in [0.1, 0.15) is 0 Å². The third-order valence-electron chi connectivity index (χ3n) is 3.37. The molecule has 0 aromatic carbocycles. The van der Waals surface area contributed by atoms with Crippen LogP contribution < -0.4 is 10.0 Å². The van der Waals surface area contributed by atoms with Crippen molar-refractivity contribution in [2.75, 3.05) is 19.4 Å². The molecule has 20 heavy (non-hydrogen) atoms. The maximum Gasteiger partial charge on any atom is 0.209 e. The SMILES string of the molecule is CC(C)OC[C@H](O)CN[C@H]1CCCC[C@@H]1NS(C)(=O)=O. The number of nitrogens with one attached hydrogen (secondary N) is 2. The Labute approximate surface area is 122 Å². The largest absolute Gasteiger partial charge is 0.389 e. The fourth-order valence-electron chi connectivity index (χ4n) is 2.44. The predicted octanol–water partition coefficient (Wildman–Crippen LogP) is 0.222. The second-order valence-electron chi connectivity index (χ2n) is 5.83. The van der Waals surface area contributed by atoms with Gasteiger partial charge in [-0.05, 0) is 26.7 Å². The molecule has 3 N–H and O–H groups in total. The molecule has 3 atom stereocenters. The highest BCUT2D eigenvalue weighted by Crippen LogP contribution is 2.19. The number of aliphatic hydroxyl groups excluding tert-OH is 1. The molecule has 1 aliphatic rings. The lowest BCUT2D eigenvalue weighted by Gasteiger charge is -2.33. The molecule has 7 heteroatoms. The lowest BCUT2D eigenvalue weighted by molar-refractivity contribution is 0.00469. The van der Waals surface area contributed by atoms with E-state index >= 15 is 0 Å². The first kappa shape index (κ1) is 17.8. The normalized spacial score (nSPS) is 25.9. The number of ether oxygens (including phenoxy) is 1. The van der Waals surface area contributed by atoms with Crippen LogP contribution >= 0.6 is 0 Å². The number of hydrogen-bond acceptors (Lipinski definition) is 5. The fraction of sp³-hybridized carbons (Fsp3) is 1.00. The average Bonchev–Trinajstić information content (AvgIpc) is 2.33. The topological polar surface area (TPSA) is 87.7 Å². The zero-order valence-corrected chi connectivity index (χ0v) is 13.4. The Balaban J connectivity index is 2.38. The summed E-state index contributed by atoms with van der Waals surface area (Å²) in [5.74, 6) is 0. The van der Waals surface area contributed by atoms with E-state index < -0.39 is 16.1 Å². The van der Waals surface area contributed by atoms with Crippen molar-refractivity contribution in [2.45, 2.75) is 63.8 Å². The fourth-order valence-corrected chi connectivity index (χ4v) is 3.27. The van der Waals surface area contributed by atoms with Crippen molar-refractivity contribution < 1.29 is 18.3 Å². The summed E-state index contributed by atoms with van der Waals surface area (Å²) in [6.07, 6.45) is 4.58. The first-order valence-electron chi connectivity index (χ1n) is 7.28. The molecule has 0 radical (unpaired) electrons. The van der Waals surface area contributed by atoms with Crippen molar-refractivity contribution in [3.8, 4) is 0 Å². The standard InChI is InChI=1S/C13H28N2O4S/c1-10(2)19-9-11(16)8-14-12-6-4-5-7-13(12)15-20(3,17)18/h10-16H,4-9H2,1-3H3/t11-,12+,13+/m1/s1. The van der Waals surface area contributed by atoms with Gasteiger partial charge in [0, 0.05) is 18.6 Å². The van der Waals surface area contributed by atoms with E-state index in [1.54, 1.807) is 0 Å². The molecular formula is C13H28N2O4S. The second kappa shape index (κ2) is 8.29. The molecule has 0 saturated heterocycles. The minimum Gasteiger partial charge on any atom is -0.389 e. The van der Waals surface area contributed by atoms with Gasteiger partial charge < -0.3 is 15.2 Å². The van der Waals surface area contributed by atoms with E-state index in [9.17, 15) is 13.5 Å². The zero-order chi connectivity index (χ0) is 15.2. The minimum absolute atomic E-state index is 0.0761. The van der Waals surface area contributed by atoms with E-state index in [0.717, 1.165) is 25.7 Å². The van der Waals surface area contributed by atoms with Crippen molar-refractivity contribution >= 4 is 10.0 Å². The molecule has 0 aromatic heterocycles. The highest BCUT2D eigenvalue weighted by molar-refractivity contribution is 7.88. The van der Waals surface area contributed by atoms with E-state index in [4.69, 9.17) is 4.74 Å². The summed E-state index contributed by atoms with van der Waals surface area (Å²) in [7, 11) is -3.19. The van der Waals surface area contributed by atoms with Gasteiger partial charge >= 0.3 is 0 Å². The lowest BCUT2D eigenvalue weighted by atomic mass is 9.91. The molecule has 1 saturated carbocycles. The van der Waals surface area contributed by atoms with Crippen LogP contribution in [0.25, 0.3) is 0 Å². The number of rotatable bonds is 8. The second-order valence-corrected chi connectivity index (χ2v) is 7.61. The van der Waals surface area contributed by atoms with Crippen molar-refractivity contribution in [1.29, 1.82) is 0 Å². The van der Waals surface area contributed by atoms with Crippen LogP contribution in [0.1, 0.15) is 39.5 Å². The molecule has 0 spiro atoms. The Morgan fingerprint density at radius 2 is 1.85 bits per heavy atom. The van der Waals surface area contributed by atoms with Gasteiger partial charge in [-0.15, -0.1) is 0 Å². The summed E-state index contributed by atoms with van der Waals surface area (Å²) in [6.45, 7) is 4.56. The minimum atomic E-state index is -3.19. The summed E-state index contributed by atoms with van der Waals surface area (Å²) < 4.78 is 30.7. The van der Waals surface area contributed by atoms with Crippen molar-refractivity contribution in [1.82, 2.24) is 10.0 Å². The van der Waals surface area contributed by atoms with E-state index in [-0.39, 0.29) is 18.2 Å². The summed E-state index contributed by atoms with van der Waals surface area (Å²) in [6, 6.07) is -0.0101. The summed E-state index contributed by atoms with van der Waals surface area (Å²) in [5, 5.41) is 13.1. The van der Waals surface area contributed by atoms with E-state index in [0.29, 0.717) is 13.2 Å². The summed E-state index contributed by atoms with van der Waals surface area (Å²) in [4.78, 5) is 0. The molecule has 1 aliphatic carbocycles. The van der Waals surface area contributed by atoms with Gasteiger partial charge in [0.15, 0.2) is 0 Å². The molecule has 0 amide bonds. The van der Waals surface area contributed by atoms with Gasteiger partial charge in [0.25, 0.3) is 0 Å². The maximum absolute atomic E-state index is 11.4. The molecule has 0 aliphatic heterocycles. The lowest BCUT2D eigenvalue weighted by Crippen LogP contribution is -2.53. The molecule has 0 unspecified atom stereocenters. The first-order chi connectivity index (χ1) is 9.28. The van der Waals surface area contributed by atoms with Crippen LogP contribution in [0.3, 0.4) is 0 Å². The highest BCUT2D eigenvalue weighted by atomic mass is 32.2. The van der Waals surface area contributed by atoms with Gasteiger partial charge in [-0.3, -0.25) is 0 Å². The molecule has 0 bridgehead atoms. The van der Waals surface area contributed by atoms with E-state index in [1.165, 1.54) is 6.26 Å². The van der Waals surface area contributed by atoms with Gasteiger partial charge in [-0.1, -0.05) is 12.8 Å². The zero-order valence-electron chi connectivity index (χ0n) is 12.6. The van der Waals surface area contributed by atoms with Crippen LogP contribution in [-0.4, -0.2) is 57.2 Å². The summed E-state index contributed by atoms with van der Waals surface area (Å²) >= 11 is 0. The maximum atomic E-state index is 11.4. The third-order valence-corrected chi connectivity index (χ3v) is 4.10. The number of aliphatic hydroxyl groups is 1. The van der Waals surface area contributed by atoms with Gasteiger partial charge in [-0.25, -0.2) is 13.1 Å². The van der Waals surface area contributed by atoms with E-state index in [1.807, 2.05) is 13.8 Å². The smallest absolute Gasteiger partial charge is 0.209 e. The van der Waals surface area contributed by atoms with Crippen LogP contribution in [0.15, 0.2) is 0 Å². The Morgan fingerprint density at radius 3 is 2.40 bits per heavy atom. The van der Waals surface area contributed by atoms with Crippen molar-refractivity contribution in [2.24, 2.45) is 0 Å². The van der Waals surface area contributed by atoms with Crippen LogP contribution in [-0.2, 0) is 14.8 Å². The molecule has 6 nitrogen and oxygen atoms in total. The third kappa shape index (κ3) is 7.54. The molecule has 0 aromatic rings. The Morgan fingerprint density at radius 1 is 1.25 bits per heavy atom. The Hall–Kier alpha value is -0.210. The molecule has 1 fully saturated rings. The molecular weight excluding hydrogens is 280 g/mol. The van der Waals surface area contributed by atoms with E-state index in [2.05, 4.69) is 10.0 Å². The highest BCUT2D eigenvalue weighted by Gasteiger charge is 2.27.